The van der Waals surface area contributed by atoms with Crippen LogP contribution in [0.15, 0.2) is 71.6 Å². The fraction of sp³-hybridized carbons (Fsp3) is 0.321. The van der Waals surface area contributed by atoms with Crippen LogP contribution in [0.25, 0.3) is 0 Å². The highest BCUT2D eigenvalue weighted by atomic mass is 32.2. The molecule has 1 amide bonds. The maximum Gasteiger partial charge on any atom is 0.268 e. The fourth-order valence-electron chi connectivity index (χ4n) is 3.85. The Bertz CT molecular complexity index is 1270. The van der Waals surface area contributed by atoms with Crippen LogP contribution < -0.4 is 14.4 Å². The summed E-state index contributed by atoms with van der Waals surface area (Å²) in [5.41, 5.74) is 4.39. The molecule has 0 unspecified atom stereocenters. The van der Waals surface area contributed by atoms with Crippen LogP contribution in [0.5, 0.6) is 5.75 Å². The number of benzene rings is 3. The van der Waals surface area contributed by atoms with Gasteiger partial charge in [0.05, 0.1) is 12.8 Å². The summed E-state index contributed by atoms with van der Waals surface area (Å²) in [4.78, 5) is 13.1. The van der Waals surface area contributed by atoms with E-state index in [1.165, 1.54) is 12.7 Å². The van der Waals surface area contributed by atoms with E-state index in [2.05, 4.69) is 17.4 Å². The zero-order chi connectivity index (χ0) is 25.6. The Labute approximate surface area is 209 Å². The van der Waals surface area contributed by atoms with E-state index in [4.69, 9.17) is 4.74 Å². The molecule has 1 N–H and O–H groups in total. The molecule has 35 heavy (non-hydrogen) atoms. The average Bonchev–Trinajstić information content (AvgIpc) is 2.83. The van der Waals surface area contributed by atoms with Crippen molar-refractivity contribution in [2.24, 2.45) is 0 Å². The van der Waals surface area contributed by atoms with Gasteiger partial charge in [-0.1, -0.05) is 42.5 Å². The van der Waals surface area contributed by atoms with Crippen LogP contribution in [0, 0.1) is 20.8 Å². The van der Waals surface area contributed by atoms with Crippen LogP contribution in [-0.4, -0.2) is 34.0 Å². The van der Waals surface area contributed by atoms with Crippen molar-refractivity contribution < 1.29 is 17.9 Å². The quantitative estimate of drug-likeness (QED) is 0.433. The number of nitrogens with zero attached hydrogens (tertiary/aromatic N) is 1. The molecule has 7 heteroatoms. The molecule has 6 nitrogen and oxygen atoms in total. The predicted octanol–water partition coefficient (Wildman–Crippen LogP) is 4.95. The van der Waals surface area contributed by atoms with Crippen LogP contribution >= 0.6 is 0 Å². The third-order valence-electron chi connectivity index (χ3n) is 6.07. The molecule has 3 rings (SSSR count). The summed E-state index contributed by atoms with van der Waals surface area (Å²) in [6.07, 6.45) is 1.57. The van der Waals surface area contributed by atoms with Gasteiger partial charge in [-0.2, -0.15) is 0 Å². The van der Waals surface area contributed by atoms with Crippen LogP contribution in [0.3, 0.4) is 0 Å². The molecule has 0 fully saturated rings. The maximum atomic E-state index is 13.9. The minimum Gasteiger partial charge on any atom is -0.495 e. The highest BCUT2D eigenvalue weighted by Gasteiger charge is 2.30. The smallest absolute Gasteiger partial charge is 0.268 e. The minimum atomic E-state index is -4.09. The van der Waals surface area contributed by atoms with Crippen molar-refractivity contribution in [1.29, 1.82) is 0 Å². The summed E-state index contributed by atoms with van der Waals surface area (Å²) in [6.45, 7) is 7.29. The average molecular weight is 495 g/mol. The Morgan fingerprint density at radius 2 is 1.69 bits per heavy atom. The lowest BCUT2D eigenvalue weighted by atomic mass is 10.1. The Morgan fingerprint density at radius 3 is 2.34 bits per heavy atom. The predicted molar refractivity (Wildman–Crippen MR) is 141 cm³/mol. The van der Waals surface area contributed by atoms with E-state index >= 15 is 0 Å². The molecule has 3 aromatic carbocycles. The molecule has 3 aromatic rings. The monoisotopic (exact) mass is 494 g/mol. The Kier molecular flexibility index (Phi) is 8.57. The summed E-state index contributed by atoms with van der Waals surface area (Å²) in [5, 5.41) is 2.96. The van der Waals surface area contributed by atoms with Gasteiger partial charge < -0.3 is 10.1 Å². The highest BCUT2D eigenvalue weighted by molar-refractivity contribution is 7.93. The molecule has 0 saturated carbocycles. The number of hydrogen-bond acceptors (Lipinski definition) is 4. The molecule has 0 aliphatic carbocycles. The second kappa shape index (κ2) is 11.4. The van der Waals surface area contributed by atoms with Crippen molar-refractivity contribution in [2.45, 2.75) is 51.5 Å². The molecule has 0 aliphatic heterocycles. The summed E-state index contributed by atoms with van der Waals surface area (Å²) in [5.74, 6) is -0.125. The van der Waals surface area contributed by atoms with E-state index in [9.17, 15) is 13.2 Å². The molecule has 0 spiro atoms. The van der Waals surface area contributed by atoms with Gasteiger partial charge in [-0.15, -0.1) is 0 Å². The lowest BCUT2D eigenvalue weighted by molar-refractivity contribution is -0.120. The van der Waals surface area contributed by atoms with Crippen molar-refractivity contribution in [1.82, 2.24) is 5.32 Å². The number of nitrogens with one attached hydrogen (secondary N) is 1. The highest BCUT2D eigenvalue weighted by Crippen LogP contribution is 2.31. The topological polar surface area (TPSA) is 75.7 Å². The molecule has 0 radical (unpaired) electrons. The fourth-order valence-corrected chi connectivity index (χ4v) is 5.51. The first-order valence-electron chi connectivity index (χ1n) is 11.7. The first kappa shape index (κ1) is 26.3. The third-order valence-corrected chi connectivity index (χ3v) is 7.86. The number of carbonyl (C=O) groups is 1. The Morgan fingerprint density at radius 1 is 0.971 bits per heavy atom. The van der Waals surface area contributed by atoms with Gasteiger partial charge in [0, 0.05) is 6.04 Å². The summed E-state index contributed by atoms with van der Waals surface area (Å²) in [7, 11) is -2.65. The molecule has 0 heterocycles. The van der Waals surface area contributed by atoms with Crippen molar-refractivity contribution in [3.63, 3.8) is 0 Å². The van der Waals surface area contributed by atoms with Gasteiger partial charge >= 0.3 is 0 Å². The molecule has 0 aromatic heterocycles. The first-order valence-corrected chi connectivity index (χ1v) is 13.1. The van der Waals surface area contributed by atoms with Crippen LogP contribution in [0.4, 0.5) is 5.69 Å². The van der Waals surface area contributed by atoms with E-state index < -0.39 is 10.0 Å². The molecule has 0 aliphatic rings. The van der Waals surface area contributed by atoms with E-state index in [0.717, 1.165) is 33.8 Å². The number of aryl methyl sites for hydroxylation is 4. The van der Waals surface area contributed by atoms with E-state index in [0.29, 0.717) is 5.69 Å². The van der Waals surface area contributed by atoms with Crippen LogP contribution in [-0.2, 0) is 21.2 Å². The lowest BCUT2D eigenvalue weighted by Crippen LogP contribution is -2.43. The van der Waals surface area contributed by atoms with E-state index in [1.807, 2.05) is 52.0 Å². The molecular weight excluding hydrogens is 460 g/mol. The SMILES string of the molecule is COc1ccc(C)cc1S(=O)(=O)N(CC(=O)N[C@@H](C)CCc1ccccc1)c1ccc(C)c(C)c1. The lowest BCUT2D eigenvalue weighted by Gasteiger charge is -2.26. The number of methoxy groups -OCH3 is 1. The molecular formula is C28H34N2O4S. The van der Waals surface area contributed by atoms with Gasteiger partial charge in [-0.3, -0.25) is 9.10 Å². The minimum absolute atomic E-state index is 0.0307. The zero-order valence-corrected chi connectivity index (χ0v) is 21.9. The van der Waals surface area contributed by atoms with Crippen molar-refractivity contribution in [3.8, 4) is 5.75 Å². The van der Waals surface area contributed by atoms with Crippen molar-refractivity contribution in [2.75, 3.05) is 18.0 Å². The van der Waals surface area contributed by atoms with Gasteiger partial charge in [0.1, 0.15) is 17.2 Å². The number of hydrogen-bond donors (Lipinski definition) is 1. The maximum absolute atomic E-state index is 13.9. The standard InChI is InChI=1S/C28H34N2O4S/c1-20-11-16-26(34-5)27(17-20)35(32,33)30(25-15-12-21(2)22(3)18-25)19-28(31)29-23(4)13-14-24-9-7-6-8-10-24/h6-12,15-18,23H,13-14,19H2,1-5H3,(H,29,31)/t23-/m0/s1. The van der Waals surface area contributed by atoms with Gasteiger partial charge in [0.25, 0.3) is 10.0 Å². The van der Waals surface area contributed by atoms with Crippen molar-refractivity contribution >= 4 is 21.6 Å². The van der Waals surface area contributed by atoms with Crippen molar-refractivity contribution in [3.05, 3.63) is 89.0 Å². The van der Waals surface area contributed by atoms with Gasteiger partial charge in [0.15, 0.2) is 0 Å². The van der Waals surface area contributed by atoms with Gasteiger partial charge in [-0.25, -0.2) is 8.42 Å². The summed E-state index contributed by atoms with van der Waals surface area (Å²) >= 11 is 0. The molecule has 0 saturated heterocycles. The number of amides is 1. The third kappa shape index (κ3) is 6.63. The number of carbonyl (C=O) groups excluding carboxylic acids is 1. The van der Waals surface area contributed by atoms with Crippen LogP contribution in [0.2, 0.25) is 0 Å². The largest absolute Gasteiger partial charge is 0.495 e. The number of ether oxygens (including phenoxy) is 1. The molecule has 0 bridgehead atoms. The van der Waals surface area contributed by atoms with Gasteiger partial charge in [-0.05, 0) is 87.1 Å². The van der Waals surface area contributed by atoms with E-state index in [1.54, 1.807) is 30.3 Å². The van der Waals surface area contributed by atoms with E-state index in [-0.39, 0.29) is 29.1 Å². The van der Waals surface area contributed by atoms with Gasteiger partial charge in [0.2, 0.25) is 5.91 Å². The molecule has 186 valence electrons. The number of rotatable bonds is 10. The Balaban J connectivity index is 1.87. The molecule has 1 atom stereocenters. The first-order chi connectivity index (χ1) is 16.6. The normalized spacial score (nSPS) is 12.1. The second-order valence-electron chi connectivity index (χ2n) is 8.93. The number of sulfonamides is 1. The summed E-state index contributed by atoms with van der Waals surface area (Å²) < 4.78 is 34.2. The zero-order valence-electron chi connectivity index (χ0n) is 21.0. The Hall–Kier alpha value is -3.32. The number of anilines is 1. The van der Waals surface area contributed by atoms with Crippen LogP contribution in [0.1, 0.15) is 35.6 Å². The summed E-state index contributed by atoms with van der Waals surface area (Å²) in [6, 6.07) is 20.3. The second-order valence-corrected chi connectivity index (χ2v) is 10.8.